The minimum absolute atomic E-state index is 0.0439. The Balaban J connectivity index is 1.39. The smallest absolute Gasteiger partial charge is 0.227 e. The first-order valence-electron chi connectivity index (χ1n) is 10.8. The summed E-state index contributed by atoms with van der Waals surface area (Å²) >= 11 is 6.06. The maximum atomic E-state index is 13.0. The van der Waals surface area contributed by atoms with E-state index in [1.165, 1.54) is 0 Å². The van der Waals surface area contributed by atoms with Gasteiger partial charge in [-0.1, -0.05) is 41.9 Å². The average molecular weight is 451 g/mol. The highest BCUT2D eigenvalue weighted by molar-refractivity contribution is 6.30. The molecular formula is C26H27ClN2O3. The van der Waals surface area contributed by atoms with Crippen molar-refractivity contribution < 1.29 is 14.6 Å². The van der Waals surface area contributed by atoms with Gasteiger partial charge in [0.2, 0.25) is 5.91 Å². The molecule has 4 rings (SSSR count). The minimum atomic E-state index is -0.0439. The third kappa shape index (κ3) is 5.23. The summed E-state index contributed by atoms with van der Waals surface area (Å²) in [7, 11) is 1.65. The first-order valence-corrected chi connectivity index (χ1v) is 11.2. The van der Waals surface area contributed by atoms with Crippen LogP contribution in [0.5, 0.6) is 11.5 Å². The van der Waals surface area contributed by atoms with E-state index in [2.05, 4.69) is 10.2 Å². The molecule has 3 aromatic rings. The topological polar surface area (TPSA) is 61.8 Å². The van der Waals surface area contributed by atoms with E-state index in [0.717, 1.165) is 54.1 Å². The number of phenols is 1. The summed E-state index contributed by atoms with van der Waals surface area (Å²) in [6.07, 6.45) is 1.54. The van der Waals surface area contributed by atoms with Gasteiger partial charge in [0.15, 0.2) is 0 Å². The number of ether oxygens (including phenoxy) is 1. The molecular weight excluding hydrogens is 424 g/mol. The number of rotatable bonds is 6. The summed E-state index contributed by atoms with van der Waals surface area (Å²) in [6, 6.07) is 20.8. The van der Waals surface area contributed by atoms with Crippen LogP contribution in [0.4, 0.5) is 5.69 Å². The highest BCUT2D eigenvalue weighted by Gasteiger charge is 2.26. The third-order valence-corrected chi connectivity index (χ3v) is 6.19. The molecule has 0 spiro atoms. The number of aromatic hydroxyl groups is 1. The first-order chi connectivity index (χ1) is 15.5. The van der Waals surface area contributed by atoms with Crippen molar-refractivity contribution in [1.82, 2.24) is 4.90 Å². The Hall–Kier alpha value is -3.02. The van der Waals surface area contributed by atoms with Crippen molar-refractivity contribution >= 4 is 23.2 Å². The van der Waals surface area contributed by atoms with Crippen LogP contribution < -0.4 is 10.1 Å². The Morgan fingerprint density at radius 3 is 2.66 bits per heavy atom. The van der Waals surface area contributed by atoms with E-state index < -0.39 is 0 Å². The molecule has 3 aromatic carbocycles. The summed E-state index contributed by atoms with van der Waals surface area (Å²) in [5.74, 6) is 1.04. The summed E-state index contributed by atoms with van der Waals surface area (Å²) in [4.78, 5) is 15.3. The number of nitrogens with one attached hydrogen (secondary N) is 1. The van der Waals surface area contributed by atoms with Crippen LogP contribution in [0, 0.1) is 5.92 Å². The number of phenolic OH excluding ortho intramolecular Hbond substituents is 1. The molecule has 0 saturated carbocycles. The number of piperidine rings is 1. The molecule has 0 aromatic heterocycles. The van der Waals surface area contributed by atoms with Gasteiger partial charge >= 0.3 is 0 Å². The third-order valence-electron chi connectivity index (χ3n) is 5.96. The molecule has 1 heterocycles. The van der Waals surface area contributed by atoms with Gasteiger partial charge in [0.1, 0.15) is 11.5 Å². The lowest BCUT2D eigenvalue weighted by atomic mass is 9.95. The summed E-state index contributed by atoms with van der Waals surface area (Å²) in [6.45, 7) is 2.21. The maximum absolute atomic E-state index is 13.0. The summed E-state index contributed by atoms with van der Waals surface area (Å²) in [5.41, 5.74) is 3.58. The average Bonchev–Trinajstić information content (AvgIpc) is 2.82. The molecule has 32 heavy (non-hydrogen) atoms. The highest BCUT2D eigenvalue weighted by atomic mass is 35.5. The lowest BCUT2D eigenvalue weighted by Crippen LogP contribution is -2.37. The minimum Gasteiger partial charge on any atom is -0.508 e. The number of benzene rings is 3. The second kappa shape index (κ2) is 10.1. The van der Waals surface area contributed by atoms with E-state index in [1.807, 2.05) is 48.5 Å². The molecule has 5 nitrogen and oxygen atoms in total. The Bertz CT molecular complexity index is 1090. The van der Waals surface area contributed by atoms with E-state index in [9.17, 15) is 9.90 Å². The monoisotopic (exact) mass is 450 g/mol. The fourth-order valence-corrected chi connectivity index (χ4v) is 4.34. The van der Waals surface area contributed by atoms with Crippen molar-refractivity contribution in [2.45, 2.75) is 19.4 Å². The van der Waals surface area contributed by atoms with Crippen molar-refractivity contribution in [2.24, 2.45) is 5.92 Å². The fourth-order valence-electron chi connectivity index (χ4n) is 4.14. The van der Waals surface area contributed by atoms with Crippen molar-refractivity contribution in [3.05, 3.63) is 77.3 Å². The second-order valence-corrected chi connectivity index (χ2v) is 8.53. The molecule has 2 N–H and O–H groups in total. The lowest BCUT2D eigenvalue weighted by Gasteiger charge is -2.31. The number of anilines is 1. The van der Waals surface area contributed by atoms with Crippen molar-refractivity contribution in [1.29, 1.82) is 0 Å². The van der Waals surface area contributed by atoms with E-state index in [-0.39, 0.29) is 17.6 Å². The van der Waals surface area contributed by atoms with Gasteiger partial charge in [-0.15, -0.1) is 0 Å². The zero-order valence-corrected chi connectivity index (χ0v) is 18.8. The van der Waals surface area contributed by atoms with E-state index in [1.54, 1.807) is 25.3 Å². The van der Waals surface area contributed by atoms with Gasteiger partial charge in [-0.2, -0.15) is 0 Å². The van der Waals surface area contributed by atoms with Crippen LogP contribution in [0.15, 0.2) is 66.7 Å². The van der Waals surface area contributed by atoms with Crippen LogP contribution in [0.3, 0.4) is 0 Å². The SMILES string of the molecule is COc1cccc(-c2ccccc2NC(=O)C2CCN(Cc3cc(Cl)ccc3O)CC2)c1. The maximum Gasteiger partial charge on any atom is 0.227 e. The molecule has 1 aliphatic rings. The number of likely N-dealkylation sites (tertiary alicyclic amines) is 1. The number of carbonyl (C=O) groups is 1. The normalized spacial score (nSPS) is 14.8. The Morgan fingerprint density at radius 1 is 1.09 bits per heavy atom. The second-order valence-electron chi connectivity index (χ2n) is 8.09. The highest BCUT2D eigenvalue weighted by Crippen LogP contribution is 2.31. The number of halogens is 1. The number of hydrogen-bond acceptors (Lipinski definition) is 4. The van der Waals surface area contributed by atoms with Gasteiger partial charge in [0, 0.05) is 34.3 Å². The molecule has 0 unspecified atom stereocenters. The van der Waals surface area contributed by atoms with Crippen molar-refractivity contribution in [3.63, 3.8) is 0 Å². The zero-order valence-electron chi connectivity index (χ0n) is 18.1. The molecule has 0 aliphatic carbocycles. The quantitative estimate of drug-likeness (QED) is 0.515. The molecule has 0 bridgehead atoms. The number of amides is 1. The van der Waals surface area contributed by atoms with Gasteiger partial charge in [0.25, 0.3) is 0 Å². The zero-order chi connectivity index (χ0) is 22.5. The van der Waals surface area contributed by atoms with Gasteiger partial charge < -0.3 is 15.2 Å². The standard InChI is InChI=1S/C26H27ClN2O3/c1-32-22-6-4-5-19(16-22)23-7-2-3-8-24(23)28-26(31)18-11-13-29(14-12-18)17-20-15-21(27)9-10-25(20)30/h2-10,15-16,18,30H,11-14,17H2,1H3,(H,28,31). The van der Waals surface area contributed by atoms with Gasteiger partial charge in [0.05, 0.1) is 7.11 Å². The molecule has 1 amide bonds. The van der Waals surface area contributed by atoms with Crippen LogP contribution in [0.1, 0.15) is 18.4 Å². The van der Waals surface area contributed by atoms with Gasteiger partial charge in [-0.05, 0) is 67.9 Å². The molecule has 0 atom stereocenters. The number of nitrogens with zero attached hydrogens (tertiary/aromatic N) is 1. The van der Waals surface area contributed by atoms with Crippen molar-refractivity contribution in [3.8, 4) is 22.6 Å². The molecule has 1 fully saturated rings. The van der Waals surface area contributed by atoms with Crippen LogP contribution >= 0.6 is 11.6 Å². The molecule has 1 aliphatic heterocycles. The van der Waals surface area contributed by atoms with Crippen molar-refractivity contribution in [2.75, 3.05) is 25.5 Å². The molecule has 1 saturated heterocycles. The largest absolute Gasteiger partial charge is 0.508 e. The van der Waals surface area contributed by atoms with Crippen LogP contribution in [-0.2, 0) is 11.3 Å². The summed E-state index contributed by atoms with van der Waals surface area (Å²) in [5, 5.41) is 13.8. The molecule has 0 radical (unpaired) electrons. The van der Waals surface area contributed by atoms with Crippen LogP contribution in [0.25, 0.3) is 11.1 Å². The van der Waals surface area contributed by atoms with Crippen LogP contribution in [-0.4, -0.2) is 36.1 Å². The number of para-hydroxylation sites is 1. The Labute approximate surface area is 193 Å². The van der Waals surface area contributed by atoms with E-state index in [4.69, 9.17) is 16.3 Å². The lowest BCUT2D eigenvalue weighted by molar-refractivity contribution is -0.121. The number of methoxy groups -OCH3 is 1. The Kier molecular flexibility index (Phi) is 6.98. The van der Waals surface area contributed by atoms with Crippen LogP contribution in [0.2, 0.25) is 5.02 Å². The summed E-state index contributed by atoms with van der Waals surface area (Å²) < 4.78 is 5.34. The molecule has 6 heteroatoms. The fraction of sp³-hybridized carbons (Fsp3) is 0.269. The number of carbonyl (C=O) groups excluding carboxylic acids is 1. The molecule has 166 valence electrons. The van der Waals surface area contributed by atoms with E-state index in [0.29, 0.717) is 11.6 Å². The van der Waals surface area contributed by atoms with Gasteiger partial charge in [-0.25, -0.2) is 0 Å². The number of hydrogen-bond donors (Lipinski definition) is 2. The predicted octanol–water partition coefficient (Wildman–Crippen LogP) is 5.57. The van der Waals surface area contributed by atoms with Gasteiger partial charge in [-0.3, -0.25) is 9.69 Å². The Morgan fingerprint density at radius 2 is 1.88 bits per heavy atom. The predicted molar refractivity (Wildman–Crippen MR) is 128 cm³/mol. The van der Waals surface area contributed by atoms with E-state index >= 15 is 0 Å². The first kappa shape index (κ1) is 22.2.